The number of thiophene rings is 1. The van der Waals surface area contributed by atoms with Crippen molar-refractivity contribution in [2.24, 2.45) is 4.99 Å². The van der Waals surface area contributed by atoms with Crippen LogP contribution in [0, 0.1) is 0 Å². The fraction of sp³-hybridized carbons (Fsp3) is 0. The van der Waals surface area contributed by atoms with Crippen molar-refractivity contribution in [2.45, 2.75) is 0 Å². The van der Waals surface area contributed by atoms with Crippen LogP contribution < -0.4 is 4.74 Å². The van der Waals surface area contributed by atoms with Gasteiger partial charge in [-0.3, -0.25) is 0 Å². The van der Waals surface area contributed by atoms with E-state index in [0.29, 0.717) is 16.2 Å². The van der Waals surface area contributed by atoms with Gasteiger partial charge in [0.25, 0.3) is 0 Å². The monoisotopic (exact) mass is 375 g/mol. The molecule has 0 aliphatic carbocycles. The average Bonchev–Trinajstić information content (AvgIpc) is 3.34. The molecule has 1 aliphatic rings. The van der Waals surface area contributed by atoms with Crippen molar-refractivity contribution in [2.75, 3.05) is 0 Å². The molecule has 3 aromatic rings. The number of benzene rings is 2. The van der Waals surface area contributed by atoms with Crippen molar-refractivity contribution < 1.29 is 19.1 Å². The molecule has 1 aromatic heterocycles. The Labute approximate surface area is 159 Å². The first-order valence-corrected chi connectivity index (χ1v) is 9.01. The van der Waals surface area contributed by atoms with E-state index in [9.17, 15) is 9.59 Å². The highest BCUT2D eigenvalue weighted by atomic mass is 32.1. The van der Waals surface area contributed by atoms with Crippen molar-refractivity contribution in [1.29, 1.82) is 0 Å². The number of hydrogen-bond donors (Lipinski definition) is 0. The van der Waals surface area contributed by atoms with Crippen LogP contribution in [0.25, 0.3) is 6.08 Å². The summed E-state index contributed by atoms with van der Waals surface area (Å²) < 4.78 is 10.6. The Morgan fingerprint density at radius 3 is 2.67 bits per heavy atom. The smallest absolute Gasteiger partial charge is 0.363 e. The Hall–Kier alpha value is -3.51. The van der Waals surface area contributed by atoms with Gasteiger partial charge in [0, 0.05) is 5.56 Å². The van der Waals surface area contributed by atoms with E-state index in [1.165, 1.54) is 11.3 Å². The van der Waals surface area contributed by atoms with E-state index >= 15 is 0 Å². The van der Waals surface area contributed by atoms with E-state index in [1.807, 2.05) is 35.7 Å². The Morgan fingerprint density at radius 2 is 1.89 bits per heavy atom. The van der Waals surface area contributed by atoms with Crippen molar-refractivity contribution >= 4 is 35.2 Å². The number of aliphatic imine (C=N–C) groups is 1. The summed E-state index contributed by atoms with van der Waals surface area (Å²) in [6.45, 7) is 0. The molecule has 0 saturated carbocycles. The summed E-state index contributed by atoms with van der Waals surface area (Å²) in [6, 6.07) is 19.6. The molecule has 132 valence electrons. The maximum absolute atomic E-state index is 12.1. The Bertz CT molecular complexity index is 1050. The molecule has 0 N–H and O–H groups in total. The van der Waals surface area contributed by atoms with Gasteiger partial charge in [-0.15, -0.1) is 11.3 Å². The van der Waals surface area contributed by atoms with Gasteiger partial charge in [0.1, 0.15) is 10.6 Å². The summed E-state index contributed by atoms with van der Waals surface area (Å²) in [5.41, 5.74) is 1.60. The van der Waals surface area contributed by atoms with Crippen LogP contribution in [0.2, 0.25) is 0 Å². The van der Waals surface area contributed by atoms with Gasteiger partial charge in [-0.05, 0) is 47.4 Å². The minimum absolute atomic E-state index is 0.190. The van der Waals surface area contributed by atoms with Crippen LogP contribution in [-0.2, 0) is 9.53 Å². The predicted octanol–water partition coefficient (Wildman–Crippen LogP) is 4.31. The third-order valence-electron chi connectivity index (χ3n) is 3.74. The van der Waals surface area contributed by atoms with E-state index < -0.39 is 11.9 Å². The molecule has 0 bridgehead atoms. The number of carbonyl (C=O) groups excluding carboxylic acids is 2. The number of esters is 2. The van der Waals surface area contributed by atoms with Crippen LogP contribution in [-0.4, -0.2) is 17.8 Å². The number of cyclic esters (lactones) is 1. The molecule has 5 nitrogen and oxygen atoms in total. The predicted molar refractivity (Wildman–Crippen MR) is 103 cm³/mol. The van der Waals surface area contributed by atoms with Gasteiger partial charge in [0.2, 0.25) is 5.90 Å². The third-order valence-corrected chi connectivity index (χ3v) is 4.59. The molecule has 0 fully saturated rings. The topological polar surface area (TPSA) is 65.0 Å². The van der Waals surface area contributed by atoms with Crippen LogP contribution in [0.4, 0.5) is 0 Å². The van der Waals surface area contributed by atoms with Gasteiger partial charge in [-0.2, -0.15) is 0 Å². The zero-order valence-corrected chi connectivity index (χ0v) is 14.8. The van der Waals surface area contributed by atoms with E-state index in [0.717, 1.165) is 5.56 Å². The fourth-order valence-electron chi connectivity index (χ4n) is 2.49. The lowest BCUT2D eigenvalue weighted by Gasteiger charge is -2.03. The van der Waals surface area contributed by atoms with Crippen LogP contribution in [0.15, 0.2) is 82.8 Å². The van der Waals surface area contributed by atoms with Crippen molar-refractivity contribution in [3.8, 4) is 5.75 Å². The zero-order chi connectivity index (χ0) is 18.6. The summed E-state index contributed by atoms with van der Waals surface area (Å²) in [4.78, 5) is 28.9. The Balaban J connectivity index is 1.56. The quantitative estimate of drug-likeness (QED) is 0.387. The molecule has 27 heavy (non-hydrogen) atoms. The number of hydrogen-bond acceptors (Lipinski definition) is 6. The lowest BCUT2D eigenvalue weighted by atomic mass is 10.2. The first-order chi connectivity index (χ1) is 13.2. The van der Waals surface area contributed by atoms with Crippen molar-refractivity contribution in [1.82, 2.24) is 0 Å². The summed E-state index contributed by atoms with van der Waals surface area (Å²) in [5.74, 6) is -0.275. The molecule has 2 aromatic carbocycles. The van der Waals surface area contributed by atoms with Crippen LogP contribution >= 0.6 is 11.3 Å². The van der Waals surface area contributed by atoms with E-state index in [-0.39, 0.29) is 11.6 Å². The molecule has 0 saturated heterocycles. The summed E-state index contributed by atoms with van der Waals surface area (Å²) in [5, 5.41) is 1.81. The second-order valence-corrected chi connectivity index (χ2v) is 6.59. The molecule has 0 spiro atoms. The minimum Gasteiger partial charge on any atom is -0.422 e. The van der Waals surface area contributed by atoms with Gasteiger partial charge < -0.3 is 9.47 Å². The van der Waals surface area contributed by atoms with Gasteiger partial charge >= 0.3 is 11.9 Å². The largest absolute Gasteiger partial charge is 0.422 e. The molecule has 0 atom stereocenters. The number of rotatable bonds is 4. The highest BCUT2D eigenvalue weighted by Crippen LogP contribution is 2.22. The SMILES string of the molecule is O=C1OC(c2ccccc2)=N/C1=C/c1cccc(OC(=O)c2cccs2)c1. The van der Waals surface area contributed by atoms with Gasteiger partial charge in [0.15, 0.2) is 5.70 Å². The highest BCUT2D eigenvalue weighted by Gasteiger charge is 2.24. The summed E-state index contributed by atoms with van der Waals surface area (Å²) in [6.07, 6.45) is 1.60. The first-order valence-electron chi connectivity index (χ1n) is 8.13. The van der Waals surface area contributed by atoms with Gasteiger partial charge in [-0.25, -0.2) is 14.6 Å². The Morgan fingerprint density at radius 1 is 1.04 bits per heavy atom. The molecular weight excluding hydrogens is 362 g/mol. The highest BCUT2D eigenvalue weighted by molar-refractivity contribution is 7.12. The van der Waals surface area contributed by atoms with E-state index in [2.05, 4.69) is 4.99 Å². The molecule has 0 unspecified atom stereocenters. The van der Waals surface area contributed by atoms with Gasteiger partial charge in [0.05, 0.1) is 0 Å². The molecule has 6 heteroatoms. The normalized spacial score (nSPS) is 14.7. The molecular formula is C21H13NO4S. The molecule has 0 radical (unpaired) electrons. The molecule has 0 amide bonds. The lowest BCUT2D eigenvalue weighted by Crippen LogP contribution is -2.06. The number of ether oxygens (including phenoxy) is 2. The molecule has 2 heterocycles. The second kappa shape index (κ2) is 7.39. The first kappa shape index (κ1) is 16.9. The minimum atomic E-state index is -0.519. The standard InChI is InChI=1S/C21H13NO4S/c23-20-17(22-19(26-20)15-7-2-1-3-8-15)13-14-6-4-9-16(12-14)25-21(24)18-10-5-11-27-18/h1-13H/b17-13+. The van der Waals surface area contributed by atoms with Gasteiger partial charge in [-0.1, -0.05) is 36.4 Å². The van der Waals surface area contributed by atoms with E-state index in [1.54, 1.807) is 42.5 Å². The Kier molecular flexibility index (Phi) is 4.63. The number of nitrogens with zero attached hydrogens (tertiary/aromatic N) is 1. The molecule has 1 aliphatic heterocycles. The third kappa shape index (κ3) is 3.86. The summed E-state index contributed by atoms with van der Waals surface area (Å²) in [7, 11) is 0. The summed E-state index contributed by atoms with van der Waals surface area (Å²) >= 11 is 1.31. The van der Waals surface area contributed by atoms with Crippen LogP contribution in [0.3, 0.4) is 0 Å². The fourth-order valence-corrected chi connectivity index (χ4v) is 3.09. The molecule has 4 rings (SSSR count). The lowest BCUT2D eigenvalue weighted by molar-refractivity contribution is -0.129. The van der Waals surface area contributed by atoms with Crippen LogP contribution in [0.1, 0.15) is 20.8 Å². The maximum Gasteiger partial charge on any atom is 0.363 e. The second-order valence-electron chi connectivity index (χ2n) is 5.64. The van der Waals surface area contributed by atoms with Crippen molar-refractivity contribution in [3.63, 3.8) is 0 Å². The van der Waals surface area contributed by atoms with Crippen molar-refractivity contribution in [3.05, 3.63) is 93.8 Å². The maximum atomic E-state index is 12.1. The zero-order valence-electron chi connectivity index (χ0n) is 14.0. The average molecular weight is 375 g/mol. The van der Waals surface area contributed by atoms with E-state index in [4.69, 9.17) is 9.47 Å². The number of carbonyl (C=O) groups is 2. The van der Waals surface area contributed by atoms with Crippen LogP contribution in [0.5, 0.6) is 5.75 Å².